The Morgan fingerprint density at radius 1 is 1.59 bits per heavy atom. The van der Waals surface area contributed by atoms with Crippen LogP contribution in [-0.2, 0) is 7.05 Å². The van der Waals surface area contributed by atoms with Gasteiger partial charge >= 0.3 is 0 Å². The van der Waals surface area contributed by atoms with Crippen molar-refractivity contribution in [2.75, 3.05) is 13.2 Å². The van der Waals surface area contributed by atoms with Gasteiger partial charge in [-0.15, -0.1) is 0 Å². The molecule has 1 saturated heterocycles. The van der Waals surface area contributed by atoms with Crippen molar-refractivity contribution in [2.24, 2.45) is 7.05 Å². The van der Waals surface area contributed by atoms with Crippen LogP contribution in [0.1, 0.15) is 37.3 Å². The molecule has 0 saturated carbocycles. The quantitative estimate of drug-likeness (QED) is 0.839. The largest absolute Gasteiger partial charge is 0.394 e. The van der Waals surface area contributed by atoms with Crippen molar-refractivity contribution in [1.29, 1.82) is 0 Å². The smallest absolute Gasteiger partial charge is 0.290 e. The van der Waals surface area contributed by atoms with Gasteiger partial charge in [0.15, 0.2) is 5.82 Å². The second-order valence-corrected chi connectivity index (χ2v) is 3.84. The lowest BCUT2D eigenvalue weighted by atomic mass is 10.2. The van der Waals surface area contributed by atoms with Crippen molar-refractivity contribution in [3.8, 4) is 0 Å². The Bertz CT molecular complexity index is 362. The summed E-state index contributed by atoms with van der Waals surface area (Å²) in [6.45, 7) is 4.76. The van der Waals surface area contributed by atoms with Crippen molar-refractivity contribution < 1.29 is 9.90 Å². The highest BCUT2D eigenvalue weighted by Crippen LogP contribution is 2.18. The van der Waals surface area contributed by atoms with Crippen LogP contribution >= 0.6 is 0 Å². The lowest BCUT2D eigenvalue weighted by Crippen LogP contribution is -2.38. The maximum absolute atomic E-state index is 12.0. The lowest BCUT2D eigenvalue weighted by Gasteiger charge is -2.22. The highest BCUT2D eigenvalue weighted by Gasteiger charge is 2.30. The molecule has 2 rings (SSSR count). The number of aliphatic hydroxyl groups is 1. The SMILES string of the molecule is CC.Cn1ccnc1C(=O)N1CCC[C@H]1CO. The van der Waals surface area contributed by atoms with Gasteiger partial charge in [0.2, 0.25) is 0 Å². The van der Waals surface area contributed by atoms with Gasteiger partial charge in [-0.25, -0.2) is 4.98 Å². The number of aryl methyl sites for hydroxylation is 1. The summed E-state index contributed by atoms with van der Waals surface area (Å²) in [4.78, 5) is 17.8. The van der Waals surface area contributed by atoms with E-state index in [0.29, 0.717) is 5.82 Å². The molecule has 1 aliphatic rings. The standard InChI is InChI=1S/C10H15N3O2.C2H6/c1-12-6-4-11-9(12)10(15)13-5-2-3-8(13)7-14;1-2/h4,6,8,14H,2-3,5,7H2,1H3;1-2H3/t8-;/m0./s1. The van der Waals surface area contributed by atoms with Gasteiger partial charge in [0, 0.05) is 26.0 Å². The molecule has 2 heterocycles. The van der Waals surface area contributed by atoms with E-state index in [1.165, 1.54) is 0 Å². The molecule has 1 aromatic heterocycles. The van der Waals surface area contributed by atoms with Gasteiger partial charge in [-0.05, 0) is 12.8 Å². The third-order valence-corrected chi connectivity index (χ3v) is 2.86. The first-order chi connectivity index (χ1) is 8.24. The van der Waals surface area contributed by atoms with E-state index in [4.69, 9.17) is 5.11 Å². The summed E-state index contributed by atoms with van der Waals surface area (Å²) in [5, 5.41) is 9.13. The zero-order valence-electron chi connectivity index (χ0n) is 10.8. The predicted octanol–water partition coefficient (Wildman–Crippen LogP) is 1.04. The molecule has 96 valence electrons. The van der Waals surface area contributed by atoms with Gasteiger partial charge < -0.3 is 14.6 Å². The second-order valence-electron chi connectivity index (χ2n) is 3.84. The summed E-state index contributed by atoms with van der Waals surface area (Å²) >= 11 is 0. The molecule has 0 aliphatic carbocycles. The molecule has 1 N–H and O–H groups in total. The summed E-state index contributed by atoms with van der Waals surface area (Å²) in [7, 11) is 1.80. The number of aromatic nitrogens is 2. The Morgan fingerprint density at radius 3 is 2.82 bits per heavy atom. The Labute approximate surface area is 102 Å². The molecule has 1 aromatic rings. The number of likely N-dealkylation sites (tertiary alicyclic amines) is 1. The fourth-order valence-corrected chi connectivity index (χ4v) is 1.99. The van der Waals surface area contributed by atoms with Crippen LogP contribution in [0.3, 0.4) is 0 Å². The van der Waals surface area contributed by atoms with E-state index in [1.807, 2.05) is 13.8 Å². The first-order valence-electron chi connectivity index (χ1n) is 6.13. The highest BCUT2D eigenvalue weighted by atomic mass is 16.3. The Kier molecular flexibility index (Phi) is 5.15. The van der Waals surface area contributed by atoms with Crippen molar-refractivity contribution in [1.82, 2.24) is 14.5 Å². The summed E-state index contributed by atoms with van der Waals surface area (Å²) in [6.07, 6.45) is 5.20. The molecule has 17 heavy (non-hydrogen) atoms. The van der Waals surface area contributed by atoms with E-state index in [-0.39, 0.29) is 18.6 Å². The van der Waals surface area contributed by atoms with Gasteiger partial charge in [-0.1, -0.05) is 13.8 Å². The number of carbonyl (C=O) groups is 1. The predicted molar refractivity (Wildman–Crippen MR) is 65.7 cm³/mol. The highest BCUT2D eigenvalue weighted by molar-refractivity contribution is 5.91. The van der Waals surface area contributed by atoms with E-state index < -0.39 is 0 Å². The monoisotopic (exact) mass is 239 g/mol. The van der Waals surface area contributed by atoms with Crippen molar-refractivity contribution in [3.05, 3.63) is 18.2 Å². The minimum Gasteiger partial charge on any atom is -0.394 e. The molecule has 1 aliphatic heterocycles. The topological polar surface area (TPSA) is 58.4 Å². The Balaban J connectivity index is 0.000000686. The van der Waals surface area contributed by atoms with Gasteiger partial charge in [-0.2, -0.15) is 0 Å². The summed E-state index contributed by atoms with van der Waals surface area (Å²) in [5.41, 5.74) is 0. The molecule has 0 bridgehead atoms. The molecule has 5 nitrogen and oxygen atoms in total. The number of imidazole rings is 1. The maximum atomic E-state index is 12.0. The zero-order chi connectivity index (χ0) is 12.8. The average Bonchev–Trinajstić information content (AvgIpc) is 2.98. The normalized spacial score (nSPS) is 18.8. The molecule has 1 amide bonds. The third kappa shape index (κ3) is 2.85. The second kappa shape index (κ2) is 6.39. The molecular formula is C12H21N3O2. The van der Waals surface area contributed by atoms with Crippen LogP contribution in [0, 0.1) is 0 Å². The maximum Gasteiger partial charge on any atom is 0.290 e. The molecule has 1 fully saturated rings. The fraction of sp³-hybridized carbons (Fsp3) is 0.667. The van der Waals surface area contributed by atoms with Crippen LogP contribution < -0.4 is 0 Å². The van der Waals surface area contributed by atoms with E-state index in [0.717, 1.165) is 19.4 Å². The van der Waals surface area contributed by atoms with Gasteiger partial charge in [-0.3, -0.25) is 4.79 Å². The van der Waals surface area contributed by atoms with Crippen molar-refractivity contribution >= 4 is 5.91 Å². The van der Waals surface area contributed by atoms with Crippen LogP contribution in [0.2, 0.25) is 0 Å². The first-order valence-corrected chi connectivity index (χ1v) is 6.13. The van der Waals surface area contributed by atoms with Crippen LogP contribution in [0.5, 0.6) is 0 Å². The van der Waals surface area contributed by atoms with Crippen molar-refractivity contribution in [3.63, 3.8) is 0 Å². The minimum atomic E-state index is -0.0842. The fourth-order valence-electron chi connectivity index (χ4n) is 1.99. The molecular weight excluding hydrogens is 218 g/mol. The van der Waals surface area contributed by atoms with Gasteiger partial charge in [0.25, 0.3) is 5.91 Å². The molecule has 5 heteroatoms. The van der Waals surface area contributed by atoms with Crippen LogP contribution in [-0.4, -0.2) is 44.7 Å². The molecule has 0 radical (unpaired) electrons. The summed E-state index contributed by atoms with van der Waals surface area (Å²) in [5.74, 6) is 0.356. The Hall–Kier alpha value is -1.36. The zero-order valence-corrected chi connectivity index (χ0v) is 10.8. The van der Waals surface area contributed by atoms with E-state index in [1.54, 1.807) is 28.9 Å². The van der Waals surface area contributed by atoms with E-state index in [9.17, 15) is 4.79 Å². The number of hydrogen-bond donors (Lipinski definition) is 1. The van der Waals surface area contributed by atoms with Crippen LogP contribution in [0.25, 0.3) is 0 Å². The molecule has 0 unspecified atom stereocenters. The van der Waals surface area contributed by atoms with Crippen LogP contribution in [0.4, 0.5) is 0 Å². The van der Waals surface area contributed by atoms with Gasteiger partial charge in [0.05, 0.1) is 12.6 Å². The van der Waals surface area contributed by atoms with E-state index in [2.05, 4.69) is 4.98 Å². The number of amides is 1. The van der Waals surface area contributed by atoms with Gasteiger partial charge in [0.1, 0.15) is 0 Å². The van der Waals surface area contributed by atoms with E-state index >= 15 is 0 Å². The number of carbonyl (C=O) groups excluding carboxylic acids is 1. The number of aliphatic hydroxyl groups excluding tert-OH is 1. The Morgan fingerprint density at radius 2 is 2.29 bits per heavy atom. The molecule has 1 atom stereocenters. The minimum absolute atomic E-state index is 0.0331. The molecule has 0 spiro atoms. The van der Waals surface area contributed by atoms with Crippen LogP contribution in [0.15, 0.2) is 12.4 Å². The average molecular weight is 239 g/mol. The number of hydrogen-bond acceptors (Lipinski definition) is 3. The third-order valence-electron chi connectivity index (χ3n) is 2.86. The van der Waals surface area contributed by atoms with Crippen molar-refractivity contribution in [2.45, 2.75) is 32.7 Å². The lowest BCUT2D eigenvalue weighted by molar-refractivity contribution is 0.0662. The summed E-state index contributed by atoms with van der Waals surface area (Å²) < 4.78 is 1.70. The number of nitrogens with zero attached hydrogens (tertiary/aromatic N) is 3. The molecule has 0 aromatic carbocycles. The number of rotatable bonds is 2. The summed E-state index contributed by atoms with van der Waals surface area (Å²) in [6, 6.07) is -0.0331. The first kappa shape index (κ1) is 13.7.